The molecule has 5 atom stereocenters. The van der Waals surface area contributed by atoms with Crippen LogP contribution in [0.15, 0.2) is 0 Å². The first kappa shape index (κ1) is 13.3. The first-order valence-electron chi connectivity index (χ1n) is 6.52. The van der Waals surface area contributed by atoms with Crippen molar-refractivity contribution < 1.29 is 24.1 Å². The zero-order valence-corrected chi connectivity index (χ0v) is 11.3. The van der Waals surface area contributed by atoms with Crippen LogP contribution in [-0.4, -0.2) is 60.0 Å². The fourth-order valence-electron chi connectivity index (χ4n) is 3.18. The molecule has 3 rings (SSSR count). The van der Waals surface area contributed by atoms with Crippen LogP contribution in [0.25, 0.3) is 0 Å². The third-order valence-electron chi connectivity index (χ3n) is 3.93. The van der Waals surface area contributed by atoms with E-state index in [-0.39, 0.29) is 30.9 Å². The van der Waals surface area contributed by atoms with Gasteiger partial charge in [-0.15, -0.1) is 0 Å². The van der Waals surface area contributed by atoms with Gasteiger partial charge in [0.05, 0.1) is 12.6 Å². The van der Waals surface area contributed by atoms with Crippen LogP contribution in [-0.2, 0) is 19.0 Å². The first-order valence-corrected chi connectivity index (χ1v) is 6.52. The number of hydrogen-bond donors (Lipinski definition) is 3. The average Bonchev–Trinajstić information content (AvgIpc) is 2.85. The molecule has 3 aliphatic heterocycles. The van der Waals surface area contributed by atoms with Crippen molar-refractivity contribution in [3.05, 3.63) is 0 Å². The van der Waals surface area contributed by atoms with Gasteiger partial charge in [-0.2, -0.15) is 0 Å². The molecule has 0 aromatic heterocycles. The number of carbonyl (C=O) groups is 1. The average molecular weight is 272 g/mol. The monoisotopic (exact) mass is 272 g/mol. The van der Waals surface area contributed by atoms with Crippen molar-refractivity contribution in [2.45, 2.75) is 56.6 Å². The van der Waals surface area contributed by atoms with Crippen LogP contribution in [0.1, 0.15) is 20.8 Å². The Morgan fingerprint density at radius 1 is 1.42 bits per heavy atom. The van der Waals surface area contributed by atoms with E-state index in [1.54, 1.807) is 0 Å². The van der Waals surface area contributed by atoms with Crippen molar-refractivity contribution in [3.8, 4) is 0 Å². The van der Waals surface area contributed by atoms with Crippen LogP contribution in [0.4, 0.5) is 0 Å². The summed E-state index contributed by atoms with van der Waals surface area (Å²) in [6.07, 6.45) is -1.11. The van der Waals surface area contributed by atoms with Gasteiger partial charge in [0.15, 0.2) is 5.79 Å². The number of carbonyl (C=O) groups excluding carboxylic acids is 1. The maximum Gasteiger partial charge on any atom is 0.217 e. The molecule has 0 spiro atoms. The van der Waals surface area contributed by atoms with Gasteiger partial charge in [-0.1, -0.05) is 0 Å². The minimum absolute atomic E-state index is 0.147. The zero-order chi connectivity index (χ0) is 13.8. The number of hydrogen-bond acceptors (Lipinski definition) is 6. The lowest BCUT2D eigenvalue weighted by Gasteiger charge is -2.42. The number of aliphatic hydroxyl groups excluding tert-OH is 1. The zero-order valence-electron chi connectivity index (χ0n) is 11.3. The Balaban J connectivity index is 1.92. The van der Waals surface area contributed by atoms with Crippen molar-refractivity contribution >= 4 is 5.91 Å². The molecule has 3 unspecified atom stereocenters. The predicted octanol–water partition coefficient (Wildman–Crippen LogP) is -1.30. The molecule has 1 amide bonds. The summed E-state index contributed by atoms with van der Waals surface area (Å²) in [6.45, 7) is 5.43. The number of nitrogens with one attached hydrogen (secondary N) is 2. The van der Waals surface area contributed by atoms with Crippen LogP contribution in [0.2, 0.25) is 0 Å². The van der Waals surface area contributed by atoms with Gasteiger partial charge >= 0.3 is 0 Å². The van der Waals surface area contributed by atoms with Gasteiger partial charge in [-0.05, 0) is 13.8 Å². The minimum atomic E-state index is -0.794. The molecule has 3 heterocycles. The topological polar surface area (TPSA) is 89.1 Å². The van der Waals surface area contributed by atoms with E-state index in [4.69, 9.17) is 14.2 Å². The summed E-state index contributed by atoms with van der Waals surface area (Å²) in [6, 6.07) is -0.327. The van der Waals surface area contributed by atoms with E-state index in [0.29, 0.717) is 6.54 Å². The molecule has 3 fully saturated rings. The maximum atomic E-state index is 11.3. The Bertz CT molecular complexity index is 402. The largest absolute Gasteiger partial charge is 0.393 e. The lowest BCUT2D eigenvalue weighted by Crippen LogP contribution is -2.65. The molecule has 7 nitrogen and oxygen atoms in total. The van der Waals surface area contributed by atoms with Crippen molar-refractivity contribution in [2.75, 3.05) is 13.2 Å². The van der Waals surface area contributed by atoms with Gasteiger partial charge in [0, 0.05) is 13.5 Å². The number of ether oxygens (including phenoxy) is 3. The van der Waals surface area contributed by atoms with Crippen molar-refractivity contribution in [2.24, 2.45) is 0 Å². The highest BCUT2D eigenvalue weighted by Crippen LogP contribution is 2.44. The fourth-order valence-corrected chi connectivity index (χ4v) is 3.18. The molecule has 2 bridgehead atoms. The van der Waals surface area contributed by atoms with E-state index in [2.05, 4.69) is 10.6 Å². The van der Waals surface area contributed by atoms with Crippen molar-refractivity contribution in [1.82, 2.24) is 10.6 Å². The Hall–Kier alpha value is -0.730. The van der Waals surface area contributed by atoms with E-state index in [1.165, 1.54) is 6.92 Å². The second-order valence-electron chi connectivity index (χ2n) is 5.89. The highest BCUT2D eigenvalue weighted by molar-refractivity contribution is 5.73. The third kappa shape index (κ3) is 1.96. The Morgan fingerprint density at radius 2 is 2.16 bits per heavy atom. The summed E-state index contributed by atoms with van der Waals surface area (Å²) in [4.78, 5) is 11.3. The SMILES string of the molecule is CC(=O)N[C@H]1C2NCC(CO)(O2)[C@@H]2OC(C)(C)OC12. The van der Waals surface area contributed by atoms with E-state index >= 15 is 0 Å². The third-order valence-corrected chi connectivity index (χ3v) is 3.93. The van der Waals surface area contributed by atoms with Gasteiger partial charge in [0.2, 0.25) is 5.91 Å². The minimum Gasteiger partial charge on any atom is -0.393 e. The van der Waals surface area contributed by atoms with Gasteiger partial charge in [-0.25, -0.2) is 0 Å². The van der Waals surface area contributed by atoms with Crippen LogP contribution in [0, 0.1) is 0 Å². The Morgan fingerprint density at radius 3 is 2.79 bits per heavy atom. The summed E-state index contributed by atoms with van der Waals surface area (Å²) >= 11 is 0. The molecule has 0 radical (unpaired) electrons. The number of fused-ring (bicyclic) bond motifs is 4. The van der Waals surface area contributed by atoms with E-state index in [9.17, 15) is 9.90 Å². The van der Waals surface area contributed by atoms with Gasteiger partial charge < -0.3 is 24.6 Å². The molecule has 19 heavy (non-hydrogen) atoms. The van der Waals surface area contributed by atoms with Gasteiger partial charge in [0.1, 0.15) is 24.0 Å². The van der Waals surface area contributed by atoms with Crippen LogP contribution < -0.4 is 10.6 Å². The number of amides is 1. The van der Waals surface area contributed by atoms with Gasteiger partial charge in [0.25, 0.3) is 0 Å². The molecule has 0 aliphatic carbocycles. The van der Waals surface area contributed by atoms with Crippen LogP contribution in [0.3, 0.4) is 0 Å². The lowest BCUT2D eigenvalue weighted by atomic mass is 9.88. The van der Waals surface area contributed by atoms with Crippen molar-refractivity contribution in [1.29, 1.82) is 0 Å². The highest BCUT2D eigenvalue weighted by Gasteiger charge is 2.64. The molecular weight excluding hydrogens is 252 g/mol. The quantitative estimate of drug-likeness (QED) is 0.579. The summed E-state index contributed by atoms with van der Waals surface area (Å²) in [5.41, 5.74) is -0.794. The highest BCUT2D eigenvalue weighted by atomic mass is 16.8. The molecule has 108 valence electrons. The lowest BCUT2D eigenvalue weighted by molar-refractivity contribution is -0.195. The molecule has 3 aliphatic rings. The summed E-state index contributed by atoms with van der Waals surface area (Å²) in [5.74, 6) is -0.895. The maximum absolute atomic E-state index is 11.3. The molecule has 0 saturated carbocycles. The summed E-state index contributed by atoms with van der Waals surface area (Å²) < 4.78 is 17.7. The first-order chi connectivity index (χ1) is 8.87. The normalized spacial score (nSPS) is 46.9. The predicted molar refractivity (Wildman–Crippen MR) is 64.1 cm³/mol. The summed E-state index contributed by atoms with van der Waals surface area (Å²) in [5, 5.41) is 15.7. The molecule has 0 aromatic rings. The molecule has 7 heteroatoms. The van der Waals surface area contributed by atoms with E-state index in [0.717, 1.165) is 0 Å². The molecule has 3 saturated heterocycles. The molecule has 0 aromatic carbocycles. The molecular formula is C12H20N2O5. The second-order valence-corrected chi connectivity index (χ2v) is 5.89. The van der Waals surface area contributed by atoms with Crippen LogP contribution in [0.5, 0.6) is 0 Å². The van der Waals surface area contributed by atoms with E-state index < -0.39 is 17.5 Å². The Kier molecular flexibility index (Phi) is 2.88. The van der Waals surface area contributed by atoms with Crippen LogP contribution >= 0.6 is 0 Å². The Labute approximate surface area is 111 Å². The smallest absolute Gasteiger partial charge is 0.217 e. The molecule has 3 N–H and O–H groups in total. The number of aliphatic hydroxyl groups is 1. The van der Waals surface area contributed by atoms with Gasteiger partial charge in [-0.3, -0.25) is 10.1 Å². The second kappa shape index (κ2) is 4.13. The standard InChI is InChI=1S/C12H20N2O5/c1-6(16)14-7-8-9(18-11(2,3)17-8)12(5-15)4-13-10(7)19-12/h7-10,13,15H,4-5H2,1-3H3,(H,14,16)/t7-,8?,9-,10?,12?/m1/s1. The van der Waals surface area contributed by atoms with Crippen molar-refractivity contribution in [3.63, 3.8) is 0 Å². The fraction of sp³-hybridized carbons (Fsp3) is 0.917. The number of rotatable bonds is 2. The summed E-state index contributed by atoms with van der Waals surface area (Å²) in [7, 11) is 0. The van der Waals surface area contributed by atoms with E-state index in [1.807, 2.05) is 13.8 Å².